The number of likely N-dealkylation sites (N-methyl/N-ethyl adjacent to an activating group) is 1. The summed E-state index contributed by atoms with van der Waals surface area (Å²) in [4.78, 5) is 31.5. The van der Waals surface area contributed by atoms with Gasteiger partial charge in [0.15, 0.2) is 0 Å². The number of carbonyl (C=O) groups is 2. The van der Waals surface area contributed by atoms with Crippen molar-refractivity contribution in [2.45, 2.75) is 45.1 Å². The predicted molar refractivity (Wildman–Crippen MR) is 132 cm³/mol. The van der Waals surface area contributed by atoms with E-state index in [2.05, 4.69) is 22.0 Å². The van der Waals surface area contributed by atoms with Crippen molar-refractivity contribution in [2.75, 3.05) is 20.1 Å². The number of nitrogens with zero attached hydrogens (tertiary/aromatic N) is 4. The molecule has 0 saturated heterocycles. The molecule has 174 valence electrons. The number of carbonyl (C=O) groups excluding carboxylic acids is 2. The van der Waals surface area contributed by atoms with Crippen LogP contribution in [0.15, 0.2) is 60.5 Å². The van der Waals surface area contributed by atoms with Crippen LogP contribution in [0.3, 0.4) is 0 Å². The molecule has 1 fully saturated rings. The zero-order valence-electron chi connectivity index (χ0n) is 19.5. The summed E-state index contributed by atoms with van der Waals surface area (Å²) in [6.45, 7) is 6.60. The lowest BCUT2D eigenvalue weighted by Crippen LogP contribution is -2.36. The van der Waals surface area contributed by atoms with Crippen LogP contribution in [0.2, 0.25) is 0 Å². The number of amides is 2. The minimum Gasteiger partial charge on any atom is -0.349 e. The lowest BCUT2D eigenvalue weighted by molar-refractivity contribution is 0.0785. The number of pyridine rings is 1. The molecule has 0 atom stereocenters. The first-order valence-corrected chi connectivity index (χ1v) is 11.5. The third-order valence-corrected chi connectivity index (χ3v) is 5.86. The Bertz CT molecular complexity index is 980. The van der Waals surface area contributed by atoms with Crippen LogP contribution < -0.4 is 5.32 Å². The Kier molecular flexibility index (Phi) is 8.75. The second-order valence-corrected chi connectivity index (χ2v) is 8.27. The Morgan fingerprint density at radius 3 is 2.61 bits per heavy atom. The number of rotatable bonds is 9. The van der Waals surface area contributed by atoms with Gasteiger partial charge in [0.25, 0.3) is 11.8 Å². The molecule has 1 aliphatic rings. The summed E-state index contributed by atoms with van der Waals surface area (Å²) < 4.78 is 0. The van der Waals surface area contributed by atoms with Gasteiger partial charge in [0.1, 0.15) is 0 Å². The van der Waals surface area contributed by atoms with E-state index >= 15 is 0 Å². The molecule has 2 aromatic rings. The first-order valence-electron chi connectivity index (χ1n) is 11.5. The van der Waals surface area contributed by atoms with E-state index in [1.54, 1.807) is 41.6 Å². The number of aromatic nitrogens is 1. The third-order valence-electron chi connectivity index (χ3n) is 5.86. The van der Waals surface area contributed by atoms with E-state index in [-0.39, 0.29) is 17.9 Å². The van der Waals surface area contributed by atoms with Crippen LogP contribution in [0.1, 0.15) is 59.7 Å². The van der Waals surface area contributed by atoms with Crippen LogP contribution in [0.25, 0.3) is 11.3 Å². The molecule has 0 bridgehead atoms. The highest BCUT2D eigenvalue weighted by atomic mass is 16.2. The highest BCUT2D eigenvalue weighted by Gasteiger charge is 2.17. The molecule has 1 N–H and O–H groups in total. The molecular weight excluding hydrogens is 414 g/mol. The fourth-order valence-corrected chi connectivity index (χ4v) is 3.95. The maximum Gasteiger partial charge on any atom is 0.255 e. The summed E-state index contributed by atoms with van der Waals surface area (Å²) in [6.07, 6.45) is 10.6. The van der Waals surface area contributed by atoms with Crippen molar-refractivity contribution in [1.82, 2.24) is 20.2 Å². The molecule has 0 spiro atoms. The summed E-state index contributed by atoms with van der Waals surface area (Å²) in [5.74, 6) is -0.155. The van der Waals surface area contributed by atoms with Crippen LogP contribution in [0, 0.1) is 0 Å². The molecule has 0 unspecified atom stereocenters. The fraction of sp³-hybridized carbons (Fsp3) is 0.385. The molecule has 1 aromatic carbocycles. The van der Waals surface area contributed by atoms with Crippen molar-refractivity contribution in [3.8, 4) is 11.3 Å². The molecule has 0 aliphatic heterocycles. The highest BCUT2D eigenvalue weighted by molar-refractivity contribution is 5.96. The summed E-state index contributed by atoms with van der Waals surface area (Å²) in [5, 5.41) is 8.99. The topological polar surface area (TPSA) is 77.9 Å². The van der Waals surface area contributed by atoms with Gasteiger partial charge in [0.2, 0.25) is 0 Å². The SMILES string of the molecule is C=CN(CCN(C)C(=O)c1ccc(-c2cccc(C(=O)NC3CCCCC3)c2)nc1)/N=C\C. The minimum absolute atomic E-state index is 0.0434. The number of benzene rings is 1. The van der Waals surface area contributed by atoms with Gasteiger partial charge in [-0.25, -0.2) is 0 Å². The van der Waals surface area contributed by atoms with E-state index in [9.17, 15) is 9.59 Å². The van der Waals surface area contributed by atoms with E-state index in [0.29, 0.717) is 24.2 Å². The van der Waals surface area contributed by atoms with E-state index in [0.717, 1.165) is 24.1 Å². The van der Waals surface area contributed by atoms with E-state index in [1.807, 2.05) is 37.3 Å². The maximum absolute atomic E-state index is 12.7. The van der Waals surface area contributed by atoms with Crippen molar-refractivity contribution in [2.24, 2.45) is 5.10 Å². The van der Waals surface area contributed by atoms with Gasteiger partial charge in [0, 0.05) is 49.4 Å². The van der Waals surface area contributed by atoms with Gasteiger partial charge < -0.3 is 10.2 Å². The standard InChI is InChI=1S/C26H33N5O2/c1-4-28-31(5-2)17-16-30(3)26(33)22-14-15-24(27-19-22)20-10-9-11-21(18-20)25(32)29-23-12-7-6-8-13-23/h4-5,9-11,14-15,18-19,23H,2,6-8,12-13,16-17H2,1,3H3,(H,29,32)/b28-4-. The molecule has 1 saturated carbocycles. The second-order valence-electron chi connectivity index (χ2n) is 8.27. The second kappa shape index (κ2) is 11.9. The van der Waals surface area contributed by atoms with Crippen molar-refractivity contribution in [1.29, 1.82) is 0 Å². The average molecular weight is 448 g/mol. The molecule has 2 amide bonds. The fourth-order valence-electron chi connectivity index (χ4n) is 3.95. The van der Waals surface area contributed by atoms with Gasteiger partial charge in [-0.15, -0.1) is 0 Å². The number of hydrogen-bond acceptors (Lipinski definition) is 5. The van der Waals surface area contributed by atoms with Crippen LogP contribution in [-0.2, 0) is 0 Å². The zero-order chi connectivity index (χ0) is 23.6. The van der Waals surface area contributed by atoms with Crippen LogP contribution in [0.5, 0.6) is 0 Å². The Hall–Kier alpha value is -3.48. The van der Waals surface area contributed by atoms with Crippen molar-refractivity contribution < 1.29 is 9.59 Å². The largest absolute Gasteiger partial charge is 0.349 e. The Morgan fingerprint density at radius 1 is 1.15 bits per heavy atom. The maximum atomic E-state index is 12.7. The normalized spacial score (nSPS) is 14.1. The minimum atomic E-state index is -0.112. The lowest BCUT2D eigenvalue weighted by atomic mass is 9.95. The monoisotopic (exact) mass is 447 g/mol. The predicted octanol–water partition coefficient (Wildman–Crippen LogP) is 4.33. The first kappa shape index (κ1) is 24.2. The number of nitrogens with one attached hydrogen (secondary N) is 1. The summed E-state index contributed by atoms with van der Waals surface area (Å²) >= 11 is 0. The summed E-state index contributed by atoms with van der Waals surface area (Å²) in [6, 6.07) is 11.3. The molecule has 33 heavy (non-hydrogen) atoms. The van der Waals surface area contributed by atoms with Crippen molar-refractivity contribution in [3.63, 3.8) is 0 Å². The zero-order valence-corrected chi connectivity index (χ0v) is 19.5. The molecule has 1 heterocycles. The summed E-state index contributed by atoms with van der Waals surface area (Å²) in [5.41, 5.74) is 2.70. The molecule has 7 heteroatoms. The molecule has 0 radical (unpaired) electrons. The van der Waals surface area contributed by atoms with Crippen LogP contribution in [-0.4, -0.2) is 59.1 Å². The molecular formula is C26H33N5O2. The van der Waals surface area contributed by atoms with E-state index < -0.39 is 0 Å². The van der Waals surface area contributed by atoms with Crippen molar-refractivity contribution in [3.05, 3.63) is 66.5 Å². The summed E-state index contributed by atoms with van der Waals surface area (Å²) in [7, 11) is 1.75. The Morgan fingerprint density at radius 2 is 1.94 bits per heavy atom. The average Bonchev–Trinajstić information content (AvgIpc) is 2.86. The van der Waals surface area contributed by atoms with Gasteiger partial charge in [-0.05, 0) is 44.0 Å². The molecule has 1 aliphatic carbocycles. The van der Waals surface area contributed by atoms with Crippen LogP contribution in [0.4, 0.5) is 0 Å². The van der Waals surface area contributed by atoms with Gasteiger partial charge in [-0.1, -0.05) is 38.0 Å². The molecule has 3 rings (SSSR count). The third kappa shape index (κ3) is 6.75. The Balaban J connectivity index is 1.63. The number of hydrazone groups is 1. The molecule has 1 aromatic heterocycles. The lowest BCUT2D eigenvalue weighted by Gasteiger charge is -2.22. The van der Waals surface area contributed by atoms with Gasteiger partial charge >= 0.3 is 0 Å². The van der Waals surface area contributed by atoms with Crippen molar-refractivity contribution >= 4 is 18.0 Å². The number of hydrogen-bond donors (Lipinski definition) is 1. The highest BCUT2D eigenvalue weighted by Crippen LogP contribution is 2.21. The van der Waals surface area contributed by atoms with Gasteiger partial charge in [-0.3, -0.25) is 19.6 Å². The first-order chi connectivity index (χ1) is 16.0. The quantitative estimate of drug-likeness (QED) is 0.458. The van der Waals surface area contributed by atoms with Crippen LogP contribution >= 0.6 is 0 Å². The molecule has 7 nitrogen and oxygen atoms in total. The smallest absolute Gasteiger partial charge is 0.255 e. The van der Waals surface area contributed by atoms with Gasteiger partial charge in [0.05, 0.1) is 17.8 Å². The van der Waals surface area contributed by atoms with Gasteiger partial charge in [-0.2, -0.15) is 5.10 Å². The van der Waals surface area contributed by atoms with E-state index in [4.69, 9.17) is 0 Å². The Labute approximate surface area is 196 Å². The van der Waals surface area contributed by atoms with E-state index in [1.165, 1.54) is 19.3 Å².